The molecule has 0 aliphatic heterocycles. The van der Waals surface area contributed by atoms with Crippen LogP contribution in [0.1, 0.15) is 63.5 Å². The second-order valence-electron chi connectivity index (χ2n) is 6.31. The van der Waals surface area contributed by atoms with Crippen LogP contribution in [0.25, 0.3) is 11.1 Å². The Morgan fingerprint density at radius 2 is 0.955 bits per heavy atom. The SMILES string of the molecule is CCCCCCc1ccc(-c2ccc(CCCC)cc2)cc1. The third-order valence-corrected chi connectivity index (χ3v) is 4.38. The van der Waals surface area contributed by atoms with E-state index in [1.165, 1.54) is 73.6 Å². The Bertz CT molecular complexity index is 519. The van der Waals surface area contributed by atoms with E-state index < -0.39 is 0 Å². The molecule has 0 heteroatoms. The van der Waals surface area contributed by atoms with Gasteiger partial charge in [-0.15, -0.1) is 0 Å². The maximum absolute atomic E-state index is 2.30. The van der Waals surface area contributed by atoms with Gasteiger partial charge in [0.05, 0.1) is 0 Å². The maximum atomic E-state index is 2.30. The van der Waals surface area contributed by atoms with Crippen molar-refractivity contribution in [2.45, 2.75) is 65.2 Å². The molecule has 0 aliphatic rings. The van der Waals surface area contributed by atoms with Crippen molar-refractivity contribution in [2.75, 3.05) is 0 Å². The third kappa shape index (κ3) is 5.33. The zero-order valence-electron chi connectivity index (χ0n) is 14.3. The summed E-state index contributed by atoms with van der Waals surface area (Å²) >= 11 is 0. The lowest BCUT2D eigenvalue weighted by Gasteiger charge is -2.06. The van der Waals surface area contributed by atoms with Crippen molar-refractivity contribution >= 4 is 0 Å². The van der Waals surface area contributed by atoms with E-state index in [2.05, 4.69) is 62.4 Å². The first kappa shape index (κ1) is 16.8. The summed E-state index contributed by atoms with van der Waals surface area (Å²) in [5, 5.41) is 0. The van der Waals surface area contributed by atoms with Crippen molar-refractivity contribution in [1.29, 1.82) is 0 Å². The molecule has 0 aliphatic carbocycles. The van der Waals surface area contributed by atoms with Crippen LogP contribution in [-0.4, -0.2) is 0 Å². The van der Waals surface area contributed by atoms with Crippen LogP contribution in [0.3, 0.4) is 0 Å². The second-order valence-corrected chi connectivity index (χ2v) is 6.31. The zero-order valence-corrected chi connectivity index (χ0v) is 14.3. The van der Waals surface area contributed by atoms with Crippen LogP contribution in [-0.2, 0) is 12.8 Å². The second kappa shape index (κ2) is 9.46. The highest BCUT2D eigenvalue weighted by Crippen LogP contribution is 2.21. The lowest BCUT2D eigenvalue weighted by molar-refractivity contribution is 0.667. The van der Waals surface area contributed by atoms with Crippen LogP contribution in [0.15, 0.2) is 48.5 Å². The largest absolute Gasteiger partial charge is 0.0654 e. The van der Waals surface area contributed by atoms with Gasteiger partial charge in [0.1, 0.15) is 0 Å². The summed E-state index contributed by atoms with van der Waals surface area (Å²) in [7, 11) is 0. The highest BCUT2D eigenvalue weighted by Gasteiger charge is 2.00. The molecule has 0 bridgehead atoms. The summed E-state index contributed by atoms with van der Waals surface area (Å²) in [4.78, 5) is 0. The van der Waals surface area contributed by atoms with Crippen molar-refractivity contribution < 1.29 is 0 Å². The van der Waals surface area contributed by atoms with Gasteiger partial charge in [0.15, 0.2) is 0 Å². The molecule has 0 saturated heterocycles. The van der Waals surface area contributed by atoms with E-state index in [1.807, 2.05) is 0 Å². The smallest absolute Gasteiger partial charge is 0.0184 e. The van der Waals surface area contributed by atoms with Gasteiger partial charge in [-0.3, -0.25) is 0 Å². The maximum Gasteiger partial charge on any atom is -0.0184 e. The molecule has 0 nitrogen and oxygen atoms in total. The standard InChI is InChI=1S/C22H30/c1-3-5-7-8-10-20-13-17-22(18-14-20)21-15-11-19(12-16-21)9-6-4-2/h11-18H,3-10H2,1-2H3. The van der Waals surface area contributed by atoms with Crippen molar-refractivity contribution in [2.24, 2.45) is 0 Å². The molecule has 0 fully saturated rings. The normalized spacial score (nSPS) is 10.8. The van der Waals surface area contributed by atoms with Crippen LogP contribution in [0.2, 0.25) is 0 Å². The van der Waals surface area contributed by atoms with Gasteiger partial charge in [-0.25, -0.2) is 0 Å². The van der Waals surface area contributed by atoms with E-state index in [9.17, 15) is 0 Å². The predicted octanol–water partition coefficient (Wildman–Crippen LogP) is 6.82. The van der Waals surface area contributed by atoms with Crippen LogP contribution in [0.5, 0.6) is 0 Å². The summed E-state index contributed by atoms with van der Waals surface area (Å²) in [6, 6.07) is 18.2. The molecule has 0 heterocycles. The lowest BCUT2D eigenvalue weighted by atomic mass is 9.99. The number of hydrogen-bond acceptors (Lipinski definition) is 0. The first-order chi connectivity index (χ1) is 10.8. The molecule has 0 saturated carbocycles. The monoisotopic (exact) mass is 294 g/mol. The molecule has 0 aromatic heterocycles. The average molecular weight is 294 g/mol. The van der Waals surface area contributed by atoms with Gasteiger partial charge in [-0.2, -0.15) is 0 Å². The molecule has 0 radical (unpaired) electrons. The number of unbranched alkanes of at least 4 members (excludes halogenated alkanes) is 4. The predicted molar refractivity (Wildman–Crippen MR) is 98.3 cm³/mol. The van der Waals surface area contributed by atoms with E-state index in [1.54, 1.807) is 0 Å². The highest BCUT2D eigenvalue weighted by atomic mass is 14.0. The molecule has 0 spiro atoms. The van der Waals surface area contributed by atoms with E-state index in [0.717, 1.165) is 0 Å². The minimum Gasteiger partial charge on any atom is -0.0654 e. The van der Waals surface area contributed by atoms with Gasteiger partial charge in [0, 0.05) is 0 Å². The molecule has 2 aromatic carbocycles. The van der Waals surface area contributed by atoms with E-state index >= 15 is 0 Å². The molecule has 2 aromatic rings. The van der Waals surface area contributed by atoms with Gasteiger partial charge >= 0.3 is 0 Å². The molecule has 118 valence electrons. The zero-order chi connectivity index (χ0) is 15.6. The number of hydrogen-bond donors (Lipinski definition) is 0. The minimum absolute atomic E-state index is 1.20. The average Bonchev–Trinajstić information content (AvgIpc) is 2.58. The Balaban J connectivity index is 1.92. The van der Waals surface area contributed by atoms with Gasteiger partial charge < -0.3 is 0 Å². The summed E-state index contributed by atoms with van der Waals surface area (Å²) in [6.45, 7) is 4.51. The van der Waals surface area contributed by atoms with Crippen LogP contribution in [0, 0.1) is 0 Å². The van der Waals surface area contributed by atoms with Gasteiger partial charge in [-0.1, -0.05) is 88.1 Å². The van der Waals surface area contributed by atoms with E-state index in [4.69, 9.17) is 0 Å². The first-order valence-electron chi connectivity index (χ1n) is 9.01. The van der Waals surface area contributed by atoms with Gasteiger partial charge in [0.25, 0.3) is 0 Å². The molecule has 2 rings (SSSR count). The van der Waals surface area contributed by atoms with Gasteiger partial charge in [0.2, 0.25) is 0 Å². The minimum atomic E-state index is 1.20. The van der Waals surface area contributed by atoms with Crippen molar-refractivity contribution in [1.82, 2.24) is 0 Å². The molecule has 0 N–H and O–H groups in total. The quantitative estimate of drug-likeness (QED) is 0.445. The van der Waals surface area contributed by atoms with Gasteiger partial charge in [-0.05, 0) is 47.9 Å². The molecule has 22 heavy (non-hydrogen) atoms. The van der Waals surface area contributed by atoms with Crippen LogP contribution in [0.4, 0.5) is 0 Å². The fourth-order valence-corrected chi connectivity index (χ4v) is 2.86. The highest BCUT2D eigenvalue weighted by molar-refractivity contribution is 5.63. The van der Waals surface area contributed by atoms with Crippen LogP contribution >= 0.6 is 0 Å². The molecule has 0 atom stereocenters. The summed E-state index contributed by atoms with van der Waals surface area (Å²) < 4.78 is 0. The van der Waals surface area contributed by atoms with E-state index in [0.29, 0.717) is 0 Å². The molecular weight excluding hydrogens is 264 g/mol. The summed E-state index contributed by atoms with van der Waals surface area (Å²) in [5.74, 6) is 0. The Morgan fingerprint density at radius 1 is 0.500 bits per heavy atom. The molecular formula is C22H30. The number of aryl methyl sites for hydroxylation is 2. The fraction of sp³-hybridized carbons (Fsp3) is 0.455. The topological polar surface area (TPSA) is 0 Å². The Morgan fingerprint density at radius 3 is 1.41 bits per heavy atom. The van der Waals surface area contributed by atoms with E-state index in [-0.39, 0.29) is 0 Å². The fourth-order valence-electron chi connectivity index (χ4n) is 2.86. The molecule has 0 amide bonds. The summed E-state index contributed by atoms with van der Waals surface area (Å²) in [5.41, 5.74) is 5.59. The Hall–Kier alpha value is -1.56. The van der Waals surface area contributed by atoms with Crippen molar-refractivity contribution in [3.63, 3.8) is 0 Å². The molecule has 0 unspecified atom stereocenters. The lowest BCUT2D eigenvalue weighted by Crippen LogP contribution is -1.87. The van der Waals surface area contributed by atoms with Crippen molar-refractivity contribution in [3.05, 3.63) is 59.7 Å². The van der Waals surface area contributed by atoms with Crippen LogP contribution < -0.4 is 0 Å². The number of rotatable bonds is 9. The summed E-state index contributed by atoms with van der Waals surface area (Å²) in [6.07, 6.45) is 10.3. The Kier molecular flexibility index (Phi) is 7.22. The third-order valence-electron chi connectivity index (χ3n) is 4.38. The number of benzene rings is 2. The first-order valence-corrected chi connectivity index (χ1v) is 9.01. The Labute approximate surface area is 136 Å². The van der Waals surface area contributed by atoms with Crippen molar-refractivity contribution in [3.8, 4) is 11.1 Å².